The van der Waals surface area contributed by atoms with Crippen LogP contribution in [0.25, 0.3) is 0 Å². The summed E-state index contributed by atoms with van der Waals surface area (Å²) in [4.78, 5) is 2.30. The molecule has 1 aromatic carbocycles. The van der Waals surface area contributed by atoms with Gasteiger partial charge >= 0.3 is 0 Å². The van der Waals surface area contributed by atoms with Gasteiger partial charge in [-0.1, -0.05) is 6.07 Å². The van der Waals surface area contributed by atoms with Crippen LogP contribution in [0.1, 0.15) is 37.8 Å². The fourth-order valence-corrected chi connectivity index (χ4v) is 2.97. The van der Waals surface area contributed by atoms with E-state index in [2.05, 4.69) is 39.0 Å². The molecule has 0 saturated heterocycles. The summed E-state index contributed by atoms with van der Waals surface area (Å²) in [6.07, 6.45) is 3.74. The first-order valence-electron chi connectivity index (χ1n) is 6.56. The largest absolute Gasteiger partial charge is 0.395 e. The molecule has 1 aromatic rings. The van der Waals surface area contributed by atoms with E-state index in [4.69, 9.17) is 5.73 Å². The molecule has 1 aliphatic rings. The average molecular weight is 313 g/mol. The molecule has 2 rings (SSSR count). The van der Waals surface area contributed by atoms with Crippen LogP contribution < -0.4 is 10.6 Å². The Balaban J connectivity index is 2.23. The zero-order chi connectivity index (χ0) is 13.1. The number of nitrogens with two attached hydrogens (primary N) is 1. The van der Waals surface area contributed by atoms with Crippen molar-refractivity contribution in [2.24, 2.45) is 5.73 Å². The number of benzene rings is 1. The Morgan fingerprint density at radius 3 is 2.67 bits per heavy atom. The number of nitrogens with zero attached hydrogens (tertiary/aromatic N) is 1. The lowest BCUT2D eigenvalue weighted by Gasteiger charge is -2.39. The minimum Gasteiger partial charge on any atom is -0.395 e. The van der Waals surface area contributed by atoms with E-state index in [1.54, 1.807) is 0 Å². The van der Waals surface area contributed by atoms with Gasteiger partial charge in [0, 0.05) is 23.1 Å². The van der Waals surface area contributed by atoms with Gasteiger partial charge in [-0.2, -0.15) is 0 Å². The summed E-state index contributed by atoms with van der Waals surface area (Å²) >= 11 is 3.63. The highest BCUT2D eigenvalue weighted by Crippen LogP contribution is 2.35. The molecule has 1 saturated carbocycles. The van der Waals surface area contributed by atoms with Crippen molar-refractivity contribution in [3.05, 3.63) is 28.2 Å². The first kappa shape index (κ1) is 13.8. The summed E-state index contributed by atoms with van der Waals surface area (Å²) in [6.45, 7) is 2.87. The van der Waals surface area contributed by atoms with Crippen molar-refractivity contribution in [3.63, 3.8) is 0 Å². The topological polar surface area (TPSA) is 49.5 Å². The van der Waals surface area contributed by atoms with E-state index in [0.29, 0.717) is 12.6 Å². The summed E-state index contributed by atoms with van der Waals surface area (Å²) in [5.74, 6) is 0. The summed E-state index contributed by atoms with van der Waals surface area (Å²) in [6, 6.07) is 6.90. The number of aliphatic hydroxyl groups is 1. The predicted molar refractivity (Wildman–Crippen MR) is 78.8 cm³/mol. The molecule has 0 unspecified atom stereocenters. The third-order valence-corrected chi connectivity index (χ3v) is 4.30. The summed E-state index contributed by atoms with van der Waals surface area (Å²) < 4.78 is 1.07. The smallest absolute Gasteiger partial charge is 0.0606 e. The maximum Gasteiger partial charge on any atom is 0.0606 e. The van der Waals surface area contributed by atoms with Crippen molar-refractivity contribution in [3.8, 4) is 0 Å². The van der Waals surface area contributed by atoms with Crippen LogP contribution in [0.15, 0.2) is 22.7 Å². The van der Waals surface area contributed by atoms with Crippen molar-refractivity contribution < 1.29 is 5.11 Å². The number of halogens is 1. The molecule has 0 spiro atoms. The molecule has 0 heterocycles. The summed E-state index contributed by atoms with van der Waals surface area (Å²) in [5.41, 5.74) is 8.18. The molecule has 0 bridgehead atoms. The van der Waals surface area contributed by atoms with Crippen LogP contribution >= 0.6 is 15.9 Å². The molecule has 3 N–H and O–H groups in total. The quantitative estimate of drug-likeness (QED) is 0.879. The van der Waals surface area contributed by atoms with Gasteiger partial charge in [0.05, 0.1) is 12.3 Å². The molecule has 1 atom stereocenters. The Hall–Kier alpha value is -0.580. The van der Waals surface area contributed by atoms with Crippen LogP contribution in [-0.2, 0) is 0 Å². The zero-order valence-electron chi connectivity index (χ0n) is 10.8. The Morgan fingerprint density at radius 1 is 1.50 bits per heavy atom. The Morgan fingerprint density at radius 2 is 2.22 bits per heavy atom. The summed E-state index contributed by atoms with van der Waals surface area (Å²) in [7, 11) is 0. The van der Waals surface area contributed by atoms with Gasteiger partial charge in [0.25, 0.3) is 0 Å². The molecule has 100 valence electrons. The number of anilines is 1. The third-order valence-electron chi connectivity index (χ3n) is 3.66. The number of aliphatic hydroxyl groups excluding tert-OH is 1. The van der Waals surface area contributed by atoms with Crippen LogP contribution in [-0.4, -0.2) is 24.3 Å². The van der Waals surface area contributed by atoms with Gasteiger partial charge in [-0.3, -0.25) is 0 Å². The average Bonchev–Trinajstić information content (AvgIpc) is 2.26. The second-order valence-corrected chi connectivity index (χ2v) is 5.86. The van der Waals surface area contributed by atoms with Crippen LogP contribution in [0.5, 0.6) is 0 Å². The molecule has 0 amide bonds. The van der Waals surface area contributed by atoms with E-state index in [9.17, 15) is 5.11 Å². The van der Waals surface area contributed by atoms with Gasteiger partial charge in [0.2, 0.25) is 0 Å². The van der Waals surface area contributed by atoms with E-state index in [1.165, 1.54) is 19.3 Å². The number of rotatable bonds is 5. The Labute approximate surface area is 117 Å². The highest BCUT2D eigenvalue weighted by atomic mass is 79.9. The number of hydrogen-bond acceptors (Lipinski definition) is 3. The van der Waals surface area contributed by atoms with Crippen molar-refractivity contribution in [2.75, 3.05) is 18.1 Å². The van der Waals surface area contributed by atoms with Crippen LogP contribution in [0.3, 0.4) is 0 Å². The monoisotopic (exact) mass is 312 g/mol. The van der Waals surface area contributed by atoms with Crippen molar-refractivity contribution >= 4 is 21.6 Å². The standard InChI is InChI=1S/C14H21BrN2O/c1-10(16)11-5-6-14(13(15)9-11)17(7-8-18)12-3-2-4-12/h5-6,9-10,12,18H,2-4,7-8,16H2,1H3/t10-/m1/s1. The fraction of sp³-hybridized carbons (Fsp3) is 0.571. The lowest BCUT2D eigenvalue weighted by Crippen LogP contribution is -2.42. The van der Waals surface area contributed by atoms with Gasteiger partial charge in [-0.25, -0.2) is 0 Å². The maximum absolute atomic E-state index is 9.22. The highest BCUT2D eigenvalue weighted by Gasteiger charge is 2.26. The SMILES string of the molecule is C[C@@H](N)c1ccc(N(CCO)C2CCC2)c(Br)c1. The van der Waals surface area contributed by atoms with Gasteiger partial charge in [0.15, 0.2) is 0 Å². The molecule has 0 aromatic heterocycles. The maximum atomic E-state index is 9.22. The predicted octanol–water partition coefficient (Wildman–Crippen LogP) is 2.82. The van der Waals surface area contributed by atoms with Crippen molar-refractivity contribution in [2.45, 2.75) is 38.3 Å². The van der Waals surface area contributed by atoms with Crippen molar-refractivity contribution in [1.29, 1.82) is 0 Å². The zero-order valence-corrected chi connectivity index (χ0v) is 12.4. The van der Waals surface area contributed by atoms with E-state index in [0.717, 1.165) is 15.7 Å². The van der Waals surface area contributed by atoms with E-state index in [-0.39, 0.29) is 12.6 Å². The fourth-order valence-electron chi connectivity index (χ4n) is 2.35. The van der Waals surface area contributed by atoms with E-state index in [1.807, 2.05) is 6.92 Å². The van der Waals surface area contributed by atoms with Gasteiger partial charge in [0.1, 0.15) is 0 Å². The minimum absolute atomic E-state index is 0.0466. The first-order valence-corrected chi connectivity index (χ1v) is 7.35. The molecule has 3 nitrogen and oxygen atoms in total. The van der Waals surface area contributed by atoms with E-state index < -0.39 is 0 Å². The van der Waals surface area contributed by atoms with Crippen LogP contribution in [0.2, 0.25) is 0 Å². The number of hydrogen-bond donors (Lipinski definition) is 2. The Bertz CT molecular complexity index is 405. The molecule has 1 fully saturated rings. The van der Waals surface area contributed by atoms with Gasteiger partial charge in [-0.05, 0) is 59.8 Å². The lowest BCUT2D eigenvalue weighted by molar-refractivity contribution is 0.283. The van der Waals surface area contributed by atoms with Crippen LogP contribution in [0, 0.1) is 0 Å². The second-order valence-electron chi connectivity index (χ2n) is 5.00. The van der Waals surface area contributed by atoms with Gasteiger partial charge in [-0.15, -0.1) is 0 Å². The third kappa shape index (κ3) is 2.87. The molecule has 4 heteroatoms. The molecule has 18 heavy (non-hydrogen) atoms. The normalized spacial score (nSPS) is 17.3. The lowest BCUT2D eigenvalue weighted by atomic mass is 9.91. The molecule has 0 aliphatic heterocycles. The van der Waals surface area contributed by atoms with Crippen LogP contribution in [0.4, 0.5) is 5.69 Å². The molecular weight excluding hydrogens is 292 g/mol. The van der Waals surface area contributed by atoms with Crippen molar-refractivity contribution in [1.82, 2.24) is 0 Å². The minimum atomic E-state index is 0.0466. The second kappa shape index (κ2) is 6.04. The molecule has 0 radical (unpaired) electrons. The Kier molecular flexibility index (Phi) is 4.65. The first-order chi connectivity index (χ1) is 8.63. The van der Waals surface area contributed by atoms with Gasteiger partial charge < -0.3 is 15.7 Å². The molecular formula is C14H21BrN2O. The summed E-state index contributed by atoms with van der Waals surface area (Å²) in [5, 5.41) is 9.22. The highest BCUT2D eigenvalue weighted by molar-refractivity contribution is 9.10. The molecule has 1 aliphatic carbocycles. The van der Waals surface area contributed by atoms with E-state index >= 15 is 0 Å².